The molecule has 4 heteroatoms. The van der Waals surface area contributed by atoms with E-state index in [1.165, 1.54) is 26.3 Å². The van der Waals surface area contributed by atoms with Crippen LogP contribution in [0, 0.1) is 31.6 Å². The lowest BCUT2D eigenvalue weighted by atomic mass is 9.72. The molecule has 1 aromatic rings. The number of rotatable bonds is 9. The SMILES string of the molecule is CC(C)=O.CCCC(CC1CC(=O)c2c(ccc(C)c2C)C1)C(CC)C(=O)CC(C)=O. The van der Waals surface area contributed by atoms with Crippen molar-refractivity contribution in [1.82, 2.24) is 0 Å². The molecule has 0 spiro atoms. The fourth-order valence-electron chi connectivity index (χ4n) is 4.83. The van der Waals surface area contributed by atoms with Crippen molar-refractivity contribution in [2.24, 2.45) is 17.8 Å². The molecule has 0 radical (unpaired) electrons. The van der Waals surface area contributed by atoms with Gasteiger partial charge in [0.25, 0.3) is 0 Å². The number of Topliss-reactive ketones (excluding diaryl/α,β-unsaturated/α-hetero) is 4. The second kappa shape index (κ2) is 12.7. The highest BCUT2D eigenvalue weighted by molar-refractivity contribution is 6.00. The highest BCUT2D eigenvalue weighted by Crippen LogP contribution is 2.36. The summed E-state index contributed by atoms with van der Waals surface area (Å²) in [6, 6.07) is 4.22. The lowest BCUT2D eigenvalue weighted by Crippen LogP contribution is -2.29. The number of aryl methyl sites for hydroxylation is 1. The second-order valence-electron chi connectivity index (χ2n) is 9.29. The highest BCUT2D eigenvalue weighted by atomic mass is 16.1. The number of hydrogen-bond acceptors (Lipinski definition) is 4. The normalized spacial score (nSPS) is 17.1. The molecule has 1 aliphatic carbocycles. The Labute approximate surface area is 188 Å². The molecule has 0 saturated carbocycles. The summed E-state index contributed by atoms with van der Waals surface area (Å²) in [5, 5.41) is 0. The quantitative estimate of drug-likeness (QED) is 0.451. The van der Waals surface area contributed by atoms with Gasteiger partial charge >= 0.3 is 0 Å². The maximum Gasteiger partial charge on any atom is 0.163 e. The molecule has 0 aliphatic heterocycles. The Morgan fingerprint density at radius 3 is 2.16 bits per heavy atom. The average molecular weight is 429 g/mol. The van der Waals surface area contributed by atoms with Gasteiger partial charge in [0.05, 0.1) is 6.42 Å². The van der Waals surface area contributed by atoms with Crippen molar-refractivity contribution in [3.63, 3.8) is 0 Å². The third kappa shape index (κ3) is 8.16. The van der Waals surface area contributed by atoms with E-state index in [-0.39, 0.29) is 41.4 Å². The number of ketones is 4. The molecular formula is C27H40O4. The standard InChI is InChI=1S/C24H34O3.C3H6O/c1-6-8-19(21(7-2)22(26)11-16(4)25)12-18-13-20-10-9-15(3)17(5)24(20)23(27)14-18;1-3(2)4/h9-10,18-19,21H,6-8,11-14H2,1-5H3;1-2H3. The minimum atomic E-state index is -0.0647. The minimum Gasteiger partial charge on any atom is -0.300 e. The molecule has 3 unspecified atom stereocenters. The lowest BCUT2D eigenvalue weighted by molar-refractivity contribution is -0.130. The first-order valence-corrected chi connectivity index (χ1v) is 11.6. The Kier molecular flexibility index (Phi) is 11.0. The Bertz CT molecular complexity index is 802. The maximum atomic E-state index is 12.8. The third-order valence-corrected chi connectivity index (χ3v) is 6.22. The monoisotopic (exact) mass is 428 g/mol. The van der Waals surface area contributed by atoms with Gasteiger partial charge in [0.15, 0.2) is 5.78 Å². The van der Waals surface area contributed by atoms with Gasteiger partial charge in [-0.05, 0) is 82.4 Å². The zero-order chi connectivity index (χ0) is 23.7. The van der Waals surface area contributed by atoms with Crippen LogP contribution >= 0.6 is 0 Å². The van der Waals surface area contributed by atoms with Crippen LogP contribution in [0.15, 0.2) is 12.1 Å². The summed E-state index contributed by atoms with van der Waals surface area (Å²) >= 11 is 0. The van der Waals surface area contributed by atoms with Crippen molar-refractivity contribution >= 4 is 23.1 Å². The maximum absolute atomic E-state index is 12.8. The van der Waals surface area contributed by atoms with Gasteiger partial charge < -0.3 is 4.79 Å². The summed E-state index contributed by atoms with van der Waals surface area (Å²) in [5.41, 5.74) is 4.38. The summed E-state index contributed by atoms with van der Waals surface area (Å²) in [6.45, 7) is 12.8. The fourth-order valence-corrected chi connectivity index (χ4v) is 4.83. The largest absolute Gasteiger partial charge is 0.300 e. The first-order chi connectivity index (χ1) is 14.5. The van der Waals surface area contributed by atoms with Gasteiger partial charge in [0.2, 0.25) is 0 Å². The molecule has 0 N–H and O–H groups in total. The minimum absolute atomic E-state index is 0.0453. The molecule has 0 heterocycles. The molecule has 1 aliphatic rings. The first-order valence-electron chi connectivity index (χ1n) is 11.6. The van der Waals surface area contributed by atoms with Crippen LogP contribution in [0.1, 0.15) is 100 Å². The Balaban J connectivity index is 0.00000110. The number of carbonyl (C=O) groups excluding carboxylic acids is 4. The van der Waals surface area contributed by atoms with Crippen LogP contribution in [0.2, 0.25) is 0 Å². The summed E-state index contributed by atoms with van der Waals surface area (Å²) in [5.74, 6) is 0.935. The van der Waals surface area contributed by atoms with Gasteiger partial charge in [-0.3, -0.25) is 14.4 Å². The van der Waals surface area contributed by atoms with Gasteiger partial charge in [0, 0.05) is 17.9 Å². The van der Waals surface area contributed by atoms with E-state index in [1.807, 2.05) is 13.8 Å². The van der Waals surface area contributed by atoms with Crippen molar-refractivity contribution < 1.29 is 19.2 Å². The van der Waals surface area contributed by atoms with E-state index in [4.69, 9.17) is 0 Å². The van der Waals surface area contributed by atoms with Gasteiger partial charge in [-0.2, -0.15) is 0 Å². The fraction of sp³-hybridized carbons (Fsp3) is 0.630. The Morgan fingerprint density at radius 1 is 1.03 bits per heavy atom. The number of fused-ring (bicyclic) bond motifs is 1. The number of carbonyl (C=O) groups is 4. The first kappa shape index (κ1) is 26.9. The smallest absolute Gasteiger partial charge is 0.163 e. The summed E-state index contributed by atoms with van der Waals surface area (Å²) < 4.78 is 0. The van der Waals surface area contributed by atoms with Crippen LogP contribution in [0.25, 0.3) is 0 Å². The summed E-state index contributed by atoms with van der Waals surface area (Å²) in [6.07, 6.45) is 5.20. The molecule has 172 valence electrons. The average Bonchev–Trinajstić information content (AvgIpc) is 2.64. The van der Waals surface area contributed by atoms with Gasteiger partial charge in [-0.25, -0.2) is 0 Å². The van der Waals surface area contributed by atoms with Crippen molar-refractivity contribution in [3.8, 4) is 0 Å². The van der Waals surface area contributed by atoms with Crippen LogP contribution in [0.4, 0.5) is 0 Å². The van der Waals surface area contributed by atoms with Crippen molar-refractivity contribution in [2.75, 3.05) is 0 Å². The van der Waals surface area contributed by atoms with Crippen molar-refractivity contribution in [3.05, 3.63) is 34.4 Å². The third-order valence-electron chi connectivity index (χ3n) is 6.22. The molecule has 0 saturated heterocycles. The molecule has 0 fully saturated rings. The molecule has 0 amide bonds. The molecule has 0 aromatic heterocycles. The summed E-state index contributed by atoms with van der Waals surface area (Å²) in [4.78, 5) is 46.3. The van der Waals surface area contributed by atoms with E-state index in [2.05, 4.69) is 26.0 Å². The zero-order valence-corrected chi connectivity index (χ0v) is 20.5. The Hall–Kier alpha value is -2.10. The van der Waals surface area contributed by atoms with Crippen LogP contribution < -0.4 is 0 Å². The van der Waals surface area contributed by atoms with Crippen LogP contribution in [-0.2, 0) is 20.8 Å². The Morgan fingerprint density at radius 2 is 1.65 bits per heavy atom. The molecule has 3 atom stereocenters. The highest BCUT2D eigenvalue weighted by Gasteiger charge is 2.33. The molecule has 1 aromatic carbocycles. The van der Waals surface area contributed by atoms with E-state index in [9.17, 15) is 19.2 Å². The lowest BCUT2D eigenvalue weighted by Gasteiger charge is -2.32. The van der Waals surface area contributed by atoms with E-state index in [0.29, 0.717) is 12.3 Å². The van der Waals surface area contributed by atoms with E-state index >= 15 is 0 Å². The van der Waals surface area contributed by atoms with E-state index in [0.717, 1.165) is 48.8 Å². The summed E-state index contributed by atoms with van der Waals surface area (Å²) in [7, 11) is 0. The topological polar surface area (TPSA) is 68.3 Å². The molecule has 0 bridgehead atoms. The molecule has 31 heavy (non-hydrogen) atoms. The number of hydrogen-bond donors (Lipinski definition) is 0. The van der Waals surface area contributed by atoms with Gasteiger partial charge in [-0.15, -0.1) is 0 Å². The predicted octanol–water partition coefficient (Wildman–Crippen LogP) is 6.02. The zero-order valence-electron chi connectivity index (χ0n) is 20.5. The molecule has 2 rings (SSSR count). The molecule has 4 nitrogen and oxygen atoms in total. The predicted molar refractivity (Wildman–Crippen MR) is 126 cm³/mol. The second-order valence-corrected chi connectivity index (χ2v) is 9.29. The van der Waals surface area contributed by atoms with Gasteiger partial charge in [-0.1, -0.05) is 38.8 Å². The van der Waals surface area contributed by atoms with Crippen LogP contribution in [0.3, 0.4) is 0 Å². The van der Waals surface area contributed by atoms with Crippen LogP contribution in [0.5, 0.6) is 0 Å². The number of benzene rings is 1. The van der Waals surface area contributed by atoms with E-state index in [1.54, 1.807) is 0 Å². The van der Waals surface area contributed by atoms with Crippen LogP contribution in [-0.4, -0.2) is 23.1 Å². The van der Waals surface area contributed by atoms with E-state index < -0.39 is 0 Å². The molecular weight excluding hydrogens is 388 g/mol. The van der Waals surface area contributed by atoms with Crippen molar-refractivity contribution in [2.45, 2.75) is 93.4 Å². The van der Waals surface area contributed by atoms with Crippen molar-refractivity contribution in [1.29, 1.82) is 0 Å². The van der Waals surface area contributed by atoms with Gasteiger partial charge in [0.1, 0.15) is 17.3 Å².